The second kappa shape index (κ2) is 11.9. The van der Waals surface area contributed by atoms with E-state index in [4.69, 9.17) is 18.7 Å². The van der Waals surface area contributed by atoms with Gasteiger partial charge < -0.3 is 29.2 Å². The molecule has 0 aliphatic rings. The topological polar surface area (TPSA) is 169 Å². The third-order valence-corrected chi connectivity index (χ3v) is 8.52. The van der Waals surface area contributed by atoms with Crippen molar-refractivity contribution in [2.75, 3.05) is 31.0 Å². The highest BCUT2D eigenvalue weighted by Crippen LogP contribution is 2.40. The van der Waals surface area contributed by atoms with Crippen LogP contribution in [-0.2, 0) is 23.0 Å². The number of carboxylic acid groups (broad SMARTS) is 1. The maximum absolute atomic E-state index is 14.3. The van der Waals surface area contributed by atoms with Gasteiger partial charge in [-0.2, -0.15) is 5.10 Å². The van der Waals surface area contributed by atoms with E-state index in [2.05, 4.69) is 20.7 Å². The molecule has 0 saturated carbocycles. The maximum Gasteiger partial charge on any atom is 0.335 e. The van der Waals surface area contributed by atoms with Gasteiger partial charge in [-0.3, -0.25) is 5.10 Å². The van der Waals surface area contributed by atoms with Gasteiger partial charge in [0.1, 0.15) is 22.1 Å². The van der Waals surface area contributed by atoms with Gasteiger partial charge in [-0.05, 0) is 48.4 Å². The lowest BCUT2D eigenvalue weighted by molar-refractivity contribution is 0.0696. The number of hydrogen-bond acceptors (Lipinski definition) is 10. The quantitative estimate of drug-likeness (QED) is 0.175. The highest BCUT2D eigenvalue weighted by atomic mass is 32.2. The van der Waals surface area contributed by atoms with E-state index in [1.165, 1.54) is 33.5 Å². The predicted molar refractivity (Wildman–Crippen MR) is 158 cm³/mol. The largest absolute Gasteiger partial charge is 0.497 e. The van der Waals surface area contributed by atoms with Crippen molar-refractivity contribution >= 4 is 44.3 Å². The third-order valence-electron chi connectivity index (χ3n) is 6.75. The Hall–Kier alpha value is -5.24. The van der Waals surface area contributed by atoms with Gasteiger partial charge in [-0.1, -0.05) is 24.2 Å². The van der Waals surface area contributed by atoms with Crippen molar-refractivity contribution in [1.82, 2.24) is 15.4 Å². The SMILES string of the molecule is CCc1cc(Nc2cc3onc(N(Cc4ccc(OC)cc4)S(=O)(=O)c4ccc(C(=O)O)cc4OC)c3cc2OC)n[nH]1. The van der Waals surface area contributed by atoms with Crippen LogP contribution in [0.3, 0.4) is 0 Å². The van der Waals surface area contributed by atoms with Gasteiger partial charge in [0.25, 0.3) is 10.0 Å². The summed E-state index contributed by atoms with van der Waals surface area (Å²) in [6.07, 6.45) is 0.776. The number of benzene rings is 3. The molecule has 43 heavy (non-hydrogen) atoms. The van der Waals surface area contributed by atoms with Crippen LogP contribution in [0, 0.1) is 0 Å². The van der Waals surface area contributed by atoms with Gasteiger partial charge in [0.05, 0.1) is 44.5 Å². The van der Waals surface area contributed by atoms with E-state index in [0.29, 0.717) is 34.0 Å². The minimum absolute atomic E-state index is 0.00642. The van der Waals surface area contributed by atoms with E-state index >= 15 is 0 Å². The summed E-state index contributed by atoms with van der Waals surface area (Å²) >= 11 is 0. The molecular weight excluding hydrogens is 578 g/mol. The summed E-state index contributed by atoms with van der Waals surface area (Å²) in [4.78, 5) is 11.3. The molecule has 0 unspecified atom stereocenters. The number of aromatic amines is 1. The normalized spacial score (nSPS) is 11.3. The van der Waals surface area contributed by atoms with Crippen molar-refractivity contribution in [2.45, 2.75) is 24.8 Å². The number of fused-ring (bicyclic) bond motifs is 1. The molecule has 0 aliphatic carbocycles. The molecule has 0 bridgehead atoms. The van der Waals surface area contributed by atoms with E-state index in [0.717, 1.165) is 22.5 Å². The number of aromatic nitrogens is 3. The molecule has 0 spiro atoms. The summed E-state index contributed by atoms with van der Waals surface area (Å²) in [5.41, 5.74) is 2.25. The number of aromatic carboxylic acids is 1. The number of nitrogens with zero attached hydrogens (tertiary/aromatic N) is 3. The van der Waals surface area contributed by atoms with Crippen molar-refractivity contribution in [3.63, 3.8) is 0 Å². The highest BCUT2D eigenvalue weighted by molar-refractivity contribution is 7.93. The molecule has 2 aromatic heterocycles. The standard InChI is InChI=1S/C29H29N5O8S/c1-5-19-13-27(32-31-19)30-22-15-23-21(14-24(22)40-3)28(33-42-23)34(16-17-6-9-20(39-2)10-7-17)43(37,38)26-11-8-18(29(35)36)12-25(26)41-4/h6-15H,5,16H2,1-4H3,(H,35,36)(H2,30,31,32). The van der Waals surface area contributed by atoms with E-state index in [9.17, 15) is 18.3 Å². The minimum atomic E-state index is -4.40. The number of ether oxygens (including phenoxy) is 3. The van der Waals surface area contributed by atoms with Gasteiger partial charge in [0.2, 0.25) is 0 Å². The average molecular weight is 608 g/mol. The van der Waals surface area contributed by atoms with Crippen molar-refractivity contribution in [3.05, 3.63) is 77.5 Å². The number of sulfonamides is 1. The van der Waals surface area contributed by atoms with Crippen LogP contribution < -0.4 is 23.8 Å². The maximum atomic E-state index is 14.3. The van der Waals surface area contributed by atoms with Crippen molar-refractivity contribution in [3.8, 4) is 17.2 Å². The molecule has 224 valence electrons. The summed E-state index contributed by atoms with van der Waals surface area (Å²) in [6, 6.07) is 15.6. The van der Waals surface area contributed by atoms with Crippen LogP contribution >= 0.6 is 0 Å². The number of carboxylic acids is 1. The first-order chi connectivity index (χ1) is 20.7. The summed E-state index contributed by atoms with van der Waals surface area (Å²) in [5.74, 6) is 0.189. The van der Waals surface area contributed by atoms with Crippen LogP contribution in [-0.4, -0.2) is 56.2 Å². The molecule has 14 heteroatoms. The summed E-state index contributed by atoms with van der Waals surface area (Å²) < 4.78 is 51.5. The van der Waals surface area contributed by atoms with E-state index in [1.54, 1.807) is 36.4 Å². The van der Waals surface area contributed by atoms with Crippen LogP contribution in [0.15, 0.2) is 70.1 Å². The van der Waals surface area contributed by atoms with E-state index in [-0.39, 0.29) is 34.2 Å². The Labute approximate surface area is 247 Å². The first-order valence-corrected chi connectivity index (χ1v) is 14.5. The molecule has 0 fully saturated rings. The molecule has 13 nitrogen and oxygen atoms in total. The number of anilines is 3. The minimum Gasteiger partial charge on any atom is -0.497 e. The second-order valence-electron chi connectivity index (χ2n) is 9.34. The summed E-state index contributed by atoms with van der Waals surface area (Å²) in [6.45, 7) is 1.86. The molecule has 3 N–H and O–H groups in total. The fourth-order valence-corrected chi connectivity index (χ4v) is 6.00. The smallest absolute Gasteiger partial charge is 0.335 e. The number of hydrogen-bond donors (Lipinski definition) is 3. The van der Waals surface area contributed by atoms with Crippen LogP contribution in [0.4, 0.5) is 17.3 Å². The van der Waals surface area contributed by atoms with Crippen molar-refractivity contribution in [1.29, 1.82) is 0 Å². The van der Waals surface area contributed by atoms with Crippen LogP contribution in [0.5, 0.6) is 17.2 Å². The van der Waals surface area contributed by atoms with Gasteiger partial charge in [-0.15, -0.1) is 0 Å². The zero-order chi connectivity index (χ0) is 30.7. The van der Waals surface area contributed by atoms with E-state index < -0.39 is 16.0 Å². The molecule has 5 rings (SSSR count). The first-order valence-electron chi connectivity index (χ1n) is 13.0. The molecule has 3 aromatic carbocycles. The fourth-order valence-electron chi connectivity index (χ4n) is 4.45. The number of carbonyl (C=O) groups is 1. The summed E-state index contributed by atoms with van der Waals surface area (Å²) in [7, 11) is -0.115. The zero-order valence-electron chi connectivity index (χ0n) is 23.7. The number of rotatable bonds is 12. The summed E-state index contributed by atoms with van der Waals surface area (Å²) in [5, 5.41) is 24.3. The van der Waals surface area contributed by atoms with Gasteiger partial charge in [-0.25, -0.2) is 17.5 Å². The molecule has 5 aromatic rings. The Bertz CT molecular complexity index is 1880. The molecule has 0 radical (unpaired) electrons. The number of methoxy groups -OCH3 is 3. The number of aryl methyl sites for hydroxylation is 1. The number of nitrogens with one attached hydrogen (secondary N) is 2. The Morgan fingerprint density at radius 1 is 1.00 bits per heavy atom. The number of H-pyrrole nitrogens is 1. The van der Waals surface area contributed by atoms with E-state index in [1.807, 2.05) is 13.0 Å². The highest BCUT2D eigenvalue weighted by Gasteiger charge is 2.33. The average Bonchev–Trinajstić information content (AvgIpc) is 3.65. The monoisotopic (exact) mass is 607 g/mol. The molecule has 2 heterocycles. The second-order valence-corrected chi connectivity index (χ2v) is 11.2. The Morgan fingerprint density at radius 3 is 2.37 bits per heavy atom. The Morgan fingerprint density at radius 2 is 1.74 bits per heavy atom. The first kappa shape index (κ1) is 29.3. The molecule has 0 saturated heterocycles. The van der Waals surface area contributed by atoms with Crippen LogP contribution in [0.2, 0.25) is 0 Å². The molecule has 0 amide bonds. The lowest BCUT2D eigenvalue weighted by atomic mass is 10.2. The van der Waals surface area contributed by atoms with Gasteiger partial charge >= 0.3 is 5.97 Å². The molecule has 0 aliphatic heterocycles. The molecular formula is C29H29N5O8S. The van der Waals surface area contributed by atoms with Gasteiger partial charge in [0, 0.05) is 17.8 Å². The Balaban J connectivity index is 1.64. The van der Waals surface area contributed by atoms with Crippen LogP contribution in [0.1, 0.15) is 28.5 Å². The fraction of sp³-hybridized carbons (Fsp3) is 0.207. The lowest BCUT2D eigenvalue weighted by Gasteiger charge is -2.23. The van der Waals surface area contributed by atoms with Crippen LogP contribution in [0.25, 0.3) is 11.0 Å². The predicted octanol–water partition coefficient (Wildman–Crippen LogP) is 4.98. The molecule has 0 atom stereocenters. The third kappa shape index (κ3) is 5.77. The Kier molecular flexibility index (Phi) is 8.12. The van der Waals surface area contributed by atoms with Crippen molar-refractivity contribution in [2.24, 2.45) is 0 Å². The lowest BCUT2D eigenvalue weighted by Crippen LogP contribution is -2.31. The zero-order valence-corrected chi connectivity index (χ0v) is 24.6. The van der Waals surface area contributed by atoms with Crippen molar-refractivity contribution < 1.29 is 37.1 Å². The van der Waals surface area contributed by atoms with Gasteiger partial charge in [0.15, 0.2) is 17.2 Å².